The van der Waals surface area contributed by atoms with Gasteiger partial charge in [0, 0.05) is 17.8 Å². The second-order valence-electron chi connectivity index (χ2n) is 6.98. The average molecular weight is 409 g/mol. The molecule has 4 rings (SSSR count). The minimum atomic E-state index is -0.375. The van der Waals surface area contributed by atoms with Gasteiger partial charge in [0.05, 0.1) is 35.5 Å². The Morgan fingerprint density at radius 1 is 1.00 bits per heavy atom. The van der Waals surface area contributed by atoms with Crippen LogP contribution in [0.5, 0.6) is 0 Å². The second-order valence-corrected chi connectivity index (χ2v) is 6.98. The van der Waals surface area contributed by atoms with E-state index < -0.39 is 0 Å². The number of fused-ring (bicyclic) bond motifs is 1. The van der Waals surface area contributed by atoms with Gasteiger partial charge in [0.1, 0.15) is 0 Å². The molecule has 3 aromatic carbocycles. The SMILES string of the molecule is N#Cc1ccc(C(=O)NCC(=O)Nc2cccc(Cn3cnc4ccccc43)c2)cc1. The molecule has 0 atom stereocenters. The molecule has 0 saturated heterocycles. The number of rotatable bonds is 6. The van der Waals surface area contributed by atoms with Crippen LogP contribution in [0.2, 0.25) is 0 Å². The Balaban J connectivity index is 1.35. The normalized spacial score (nSPS) is 10.4. The van der Waals surface area contributed by atoms with Crippen LogP contribution < -0.4 is 10.6 Å². The molecular formula is C24H19N5O2. The van der Waals surface area contributed by atoms with Crippen molar-refractivity contribution in [1.82, 2.24) is 14.9 Å². The number of imidazole rings is 1. The van der Waals surface area contributed by atoms with E-state index in [0.29, 0.717) is 23.4 Å². The van der Waals surface area contributed by atoms with Gasteiger partial charge < -0.3 is 15.2 Å². The van der Waals surface area contributed by atoms with Crippen LogP contribution in [0, 0.1) is 11.3 Å². The van der Waals surface area contributed by atoms with Gasteiger partial charge in [-0.05, 0) is 54.1 Å². The molecule has 31 heavy (non-hydrogen) atoms. The third-order valence-corrected chi connectivity index (χ3v) is 4.78. The molecule has 4 aromatic rings. The van der Waals surface area contributed by atoms with Gasteiger partial charge in [-0.2, -0.15) is 5.26 Å². The van der Waals surface area contributed by atoms with Gasteiger partial charge in [-0.15, -0.1) is 0 Å². The van der Waals surface area contributed by atoms with Crippen LogP contribution in [0.1, 0.15) is 21.5 Å². The fourth-order valence-electron chi connectivity index (χ4n) is 3.24. The summed E-state index contributed by atoms with van der Waals surface area (Å²) in [5, 5.41) is 14.2. The zero-order valence-corrected chi connectivity index (χ0v) is 16.6. The Morgan fingerprint density at radius 2 is 1.81 bits per heavy atom. The monoisotopic (exact) mass is 409 g/mol. The van der Waals surface area contributed by atoms with Crippen molar-refractivity contribution in [3.63, 3.8) is 0 Å². The molecule has 2 N–H and O–H groups in total. The smallest absolute Gasteiger partial charge is 0.251 e. The molecule has 0 fully saturated rings. The highest BCUT2D eigenvalue weighted by atomic mass is 16.2. The summed E-state index contributed by atoms with van der Waals surface area (Å²) in [5.74, 6) is -0.701. The number of benzene rings is 3. The predicted molar refractivity (Wildman–Crippen MR) is 117 cm³/mol. The lowest BCUT2D eigenvalue weighted by Gasteiger charge is -2.10. The van der Waals surface area contributed by atoms with Crippen molar-refractivity contribution in [2.45, 2.75) is 6.54 Å². The minimum Gasteiger partial charge on any atom is -0.343 e. The summed E-state index contributed by atoms with van der Waals surface area (Å²) < 4.78 is 2.05. The summed E-state index contributed by atoms with van der Waals surface area (Å²) in [7, 11) is 0. The van der Waals surface area contributed by atoms with Gasteiger partial charge in [0.25, 0.3) is 5.91 Å². The number of carbonyl (C=O) groups is 2. The lowest BCUT2D eigenvalue weighted by atomic mass is 10.1. The van der Waals surface area contributed by atoms with Gasteiger partial charge in [-0.25, -0.2) is 4.98 Å². The van der Waals surface area contributed by atoms with Crippen LogP contribution in [0.25, 0.3) is 11.0 Å². The lowest BCUT2D eigenvalue weighted by molar-refractivity contribution is -0.115. The highest BCUT2D eigenvalue weighted by molar-refractivity contribution is 5.99. The molecule has 1 aromatic heterocycles. The van der Waals surface area contributed by atoms with Crippen molar-refractivity contribution in [3.8, 4) is 6.07 Å². The van der Waals surface area contributed by atoms with E-state index in [-0.39, 0.29) is 18.4 Å². The fraction of sp³-hybridized carbons (Fsp3) is 0.0833. The standard InChI is InChI=1S/C24H19N5O2/c25-13-17-8-10-19(11-9-17)24(31)26-14-23(30)28-20-5-3-4-18(12-20)15-29-16-27-21-6-1-2-7-22(21)29/h1-12,16H,14-15H2,(H,26,31)(H,28,30). The van der Waals surface area contributed by atoms with Crippen molar-refractivity contribution >= 4 is 28.5 Å². The van der Waals surface area contributed by atoms with E-state index in [4.69, 9.17) is 5.26 Å². The Kier molecular flexibility index (Phi) is 5.72. The number of para-hydroxylation sites is 2. The van der Waals surface area contributed by atoms with E-state index in [9.17, 15) is 9.59 Å². The number of hydrogen-bond donors (Lipinski definition) is 2. The van der Waals surface area contributed by atoms with Crippen molar-refractivity contribution in [2.75, 3.05) is 11.9 Å². The number of amides is 2. The van der Waals surface area contributed by atoms with E-state index in [1.54, 1.807) is 36.7 Å². The maximum absolute atomic E-state index is 12.3. The molecule has 0 saturated carbocycles. The molecule has 0 radical (unpaired) electrons. The molecule has 7 nitrogen and oxygen atoms in total. The first-order valence-electron chi connectivity index (χ1n) is 9.69. The van der Waals surface area contributed by atoms with Crippen LogP contribution in [0.4, 0.5) is 5.69 Å². The zero-order valence-electron chi connectivity index (χ0n) is 16.6. The molecule has 0 aliphatic carbocycles. The van der Waals surface area contributed by atoms with Crippen molar-refractivity contribution < 1.29 is 9.59 Å². The average Bonchev–Trinajstić information content (AvgIpc) is 3.20. The van der Waals surface area contributed by atoms with Crippen LogP contribution in [0.15, 0.2) is 79.1 Å². The molecule has 152 valence electrons. The van der Waals surface area contributed by atoms with E-state index >= 15 is 0 Å². The maximum Gasteiger partial charge on any atom is 0.251 e. The van der Waals surface area contributed by atoms with Gasteiger partial charge >= 0.3 is 0 Å². The predicted octanol–water partition coefficient (Wildman–Crippen LogP) is 3.32. The summed E-state index contributed by atoms with van der Waals surface area (Å²) in [6.45, 7) is 0.467. The molecule has 7 heteroatoms. The first-order chi connectivity index (χ1) is 15.1. The number of nitrogens with zero attached hydrogens (tertiary/aromatic N) is 3. The van der Waals surface area contributed by atoms with Gasteiger partial charge in [0.15, 0.2) is 0 Å². The second kappa shape index (κ2) is 8.93. The highest BCUT2D eigenvalue weighted by Crippen LogP contribution is 2.16. The highest BCUT2D eigenvalue weighted by Gasteiger charge is 2.09. The van der Waals surface area contributed by atoms with Crippen molar-refractivity contribution in [2.24, 2.45) is 0 Å². The molecule has 0 bridgehead atoms. The number of anilines is 1. The van der Waals surface area contributed by atoms with Crippen LogP contribution in [0.3, 0.4) is 0 Å². The van der Waals surface area contributed by atoms with E-state index in [1.165, 1.54) is 0 Å². The van der Waals surface area contributed by atoms with Crippen LogP contribution in [-0.4, -0.2) is 27.9 Å². The number of nitrogens with one attached hydrogen (secondary N) is 2. The Bertz CT molecular complexity index is 1290. The molecule has 2 amide bonds. The molecule has 0 aliphatic rings. The first-order valence-corrected chi connectivity index (χ1v) is 9.69. The van der Waals surface area contributed by atoms with Gasteiger partial charge in [-0.1, -0.05) is 24.3 Å². The molecule has 0 spiro atoms. The number of aromatic nitrogens is 2. The fourth-order valence-corrected chi connectivity index (χ4v) is 3.24. The quantitative estimate of drug-likeness (QED) is 0.510. The zero-order chi connectivity index (χ0) is 21.6. The topological polar surface area (TPSA) is 99.8 Å². The third kappa shape index (κ3) is 4.77. The Morgan fingerprint density at radius 3 is 2.61 bits per heavy atom. The van der Waals surface area contributed by atoms with E-state index in [0.717, 1.165) is 16.6 Å². The summed E-state index contributed by atoms with van der Waals surface area (Å²) in [4.78, 5) is 28.8. The van der Waals surface area contributed by atoms with Gasteiger partial charge in [0.2, 0.25) is 5.91 Å². The number of hydrogen-bond acceptors (Lipinski definition) is 4. The minimum absolute atomic E-state index is 0.158. The summed E-state index contributed by atoms with van der Waals surface area (Å²) in [5.41, 5.74) is 4.51. The van der Waals surface area contributed by atoms with E-state index in [1.807, 2.05) is 53.1 Å². The Labute approximate surface area is 179 Å². The third-order valence-electron chi connectivity index (χ3n) is 4.78. The summed E-state index contributed by atoms with van der Waals surface area (Å²) in [6.07, 6.45) is 1.80. The molecule has 0 unspecified atom stereocenters. The van der Waals surface area contributed by atoms with Crippen LogP contribution in [-0.2, 0) is 11.3 Å². The Hall–Kier alpha value is -4.44. The molecule has 0 aliphatic heterocycles. The summed E-state index contributed by atoms with van der Waals surface area (Å²) in [6, 6.07) is 23.7. The van der Waals surface area contributed by atoms with Gasteiger partial charge in [-0.3, -0.25) is 9.59 Å². The van der Waals surface area contributed by atoms with Crippen LogP contribution >= 0.6 is 0 Å². The number of carbonyl (C=O) groups excluding carboxylic acids is 2. The molecular weight excluding hydrogens is 390 g/mol. The largest absolute Gasteiger partial charge is 0.343 e. The first kappa shape index (κ1) is 19.9. The van der Waals surface area contributed by atoms with Crippen molar-refractivity contribution in [3.05, 3.63) is 95.8 Å². The summed E-state index contributed by atoms with van der Waals surface area (Å²) >= 11 is 0. The lowest BCUT2D eigenvalue weighted by Crippen LogP contribution is -2.32. The van der Waals surface area contributed by atoms with Crippen molar-refractivity contribution in [1.29, 1.82) is 5.26 Å². The van der Waals surface area contributed by atoms with E-state index in [2.05, 4.69) is 15.6 Å². The maximum atomic E-state index is 12.3. The molecule has 1 heterocycles. The number of nitriles is 1.